The third kappa shape index (κ3) is 5.08. The molecule has 0 saturated heterocycles. The highest BCUT2D eigenvalue weighted by molar-refractivity contribution is 6.05. The molecule has 0 fully saturated rings. The molecule has 2 aromatic heterocycles. The van der Waals surface area contributed by atoms with E-state index in [1.807, 2.05) is 48.7 Å². The number of nitrogens with zero attached hydrogens (tertiary/aromatic N) is 3. The van der Waals surface area contributed by atoms with E-state index in [0.29, 0.717) is 29.2 Å². The van der Waals surface area contributed by atoms with Crippen molar-refractivity contribution in [1.29, 1.82) is 0 Å². The lowest BCUT2D eigenvalue weighted by Gasteiger charge is -2.20. The van der Waals surface area contributed by atoms with E-state index >= 15 is 0 Å². The zero-order chi connectivity index (χ0) is 26.1. The van der Waals surface area contributed by atoms with Crippen LogP contribution in [0.2, 0.25) is 0 Å². The van der Waals surface area contributed by atoms with Gasteiger partial charge >= 0.3 is 0 Å². The van der Waals surface area contributed by atoms with Crippen molar-refractivity contribution in [1.82, 2.24) is 9.38 Å². The molecule has 0 saturated carbocycles. The van der Waals surface area contributed by atoms with Crippen LogP contribution in [0, 0.1) is 6.92 Å². The van der Waals surface area contributed by atoms with E-state index in [9.17, 15) is 14.4 Å². The van der Waals surface area contributed by atoms with Crippen molar-refractivity contribution in [2.24, 2.45) is 0 Å². The van der Waals surface area contributed by atoms with Gasteiger partial charge in [0.15, 0.2) is 6.61 Å². The van der Waals surface area contributed by atoms with Crippen LogP contribution in [0.4, 0.5) is 22.9 Å². The van der Waals surface area contributed by atoms with Gasteiger partial charge in [-0.05, 0) is 48.9 Å². The van der Waals surface area contributed by atoms with E-state index in [4.69, 9.17) is 4.74 Å². The number of rotatable bonds is 6. The first-order valence-corrected chi connectivity index (χ1v) is 11.7. The topological polar surface area (TPSA) is 117 Å². The highest BCUT2D eigenvalue weighted by Gasteiger charge is 2.18. The summed E-state index contributed by atoms with van der Waals surface area (Å²) in [7, 11) is 1.97. The number of fused-ring (bicyclic) bond motifs is 2. The molecule has 1 aliphatic heterocycles. The molecule has 0 unspecified atom stereocenters. The van der Waals surface area contributed by atoms with E-state index in [1.165, 1.54) is 6.92 Å². The van der Waals surface area contributed by atoms with Gasteiger partial charge in [0.1, 0.15) is 17.2 Å². The Morgan fingerprint density at radius 1 is 1.08 bits per heavy atom. The monoisotopic (exact) mass is 498 g/mol. The lowest BCUT2D eigenvalue weighted by atomic mass is 10.2. The number of carbonyl (C=O) groups is 3. The predicted octanol–water partition coefficient (Wildman–Crippen LogP) is 3.82. The lowest BCUT2D eigenvalue weighted by molar-refractivity contribution is -0.118. The molecule has 188 valence electrons. The molecule has 0 radical (unpaired) electrons. The van der Waals surface area contributed by atoms with Crippen molar-refractivity contribution in [3.63, 3.8) is 0 Å². The fourth-order valence-corrected chi connectivity index (χ4v) is 4.35. The summed E-state index contributed by atoms with van der Waals surface area (Å²) in [4.78, 5) is 42.5. The van der Waals surface area contributed by atoms with Crippen LogP contribution in [0.3, 0.4) is 0 Å². The Bertz CT molecular complexity index is 1530. The molecule has 3 amide bonds. The number of amides is 3. The largest absolute Gasteiger partial charge is 0.482 e. The molecule has 2 aromatic carbocycles. The molecule has 0 spiro atoms. The van der Waals surface area contributed by atoms with Crippen LogP contribution in [0.1, 0.15) is 28.5 Å². The fourth-order valence-electron chi connectivity index (χ4n) is 4.35. The zero-order valence-corrected chi connectivity index (χ0v) is 20.7. The van der Waals surface area contributed by atoms with Crippen molar-refractivity contribution >= 4 is 46.2 Å². The Kier molecular flexibility index (Phi) is 6.22. The second-order valence-corrected chi connectivity index (χ2v) is 8.90. The number of ether oxygens (including phenoxy) is 1. The zero-order valence-electron chi connectivity index (χ0n) is 20.7. The fraction of sp³-hybridized carbons (Fsp3) is 0.185. The summed E-state index contributed by atoms with van der Waals surface area (Å²) in [5.41, 5.74) is 4.97. The quantitative estimate of drug-likeness (QED) is 0.372. The van der Waals surface area contributed by atoms with E-state index in [-0.39, 0.29) is 24.3 Å². The van der Waals surface area contributed by atoms with Gasteiger partial charge < -0.3 is 25.6 Å². The number of benzene rings is 2. The molecule has 0 atom stereocenters. The molecular weight excluding hydrogens is 472 g/mol. The minimum absolute atomic E-state index is 0.0587. The number of imidazole rings is 1. The number of hydrogen-bond donors (Lipinski definition) is 3. The SMILES string of the molecule is CC(=O)Nc1ccc(CN(C)c2c(C)nc3ccc(C(=O)Nc4ccc5c(c4)OCC(=O)N5)cn23)cc1. The third-order valence-corrected chi connectivity index (χ3v) is 5.95. The summed E-state index contributed by atoms with van der Waals surface area (Å²) in [6.45, 7) is 3.96. The number of aryl methyl sites for hydroxylation is 1. The lowest BCUT2D eigenvalue weighted by Crippen LogP contribution is -2.25. The summed E-state index contributed by atoms with van der Waals surface area (Å²) >= 11 is 0. The van der Waals surface area contributed by atoms with E-state index in [0.717, 1.165) is 28.4 Å². The smallest absolute Gasteiger partial charge is 0.262 e. The highest BCUT2D eigenvalue weighted by atomic mass is 16.5. The van der Waals surface area contributed by atoms with Gasteiger partial charge in [0.25, 0.3) is 11.8 Å². The normalized spacial score (nSPS) is 12.4. The molecule has 10 nitrogen and oxygen atoms in total. The van der Waals surface area contributed by atoms with Crippen LogP contribution in [-0.4, -0.2) is 40.8 Å². The Balaban J connectivity index is 1.35. The maximum Gasteiger partial charge on any atom is 0.262 e. The molecule has 0 aliphatic carbocycles. The van der Waals surface area contributed by atoms with Crippen LogP contribution >= 0.6 is 0 Å². The molecule has 3 N–H and O–H groups in total. The van der Waals surface area contributed by atoms with Crippen LogP contribution < -0.4 is 25.6 Å². The number of pyridine rings is 1. The second kappa shape index (κ2) is 9.65. The summed E-state index contributed by atoms with van der Waals surface area (Å²) < 4.78 is 7.34. The Hall–Kier alpha value is -4.86. The first kappa shape index (κ1) is 23.9. The van der Waals surface area contributed by atoms with Gasteiger partial charge in [-0.25, -0.2) is 4.98 Å². The van der Waals surface area contributed by atoms with Gasteiger partial charge in [0.05, 0.1) is 16.9 Å². The first-order valence-electron chi connectivity index (χ1n) is 11.7. The highest BCUT2D eigenvalue weighted by Crippen LogP contribution is 2.31. The molecule has 0 bridgehead atoms. The standard InChI is InChI=1S/C27H26N6O4/c1-16-27(32(3)13-18-4-7-20(8-5-18)29-17(2)34)33-14-19(6-11-24(33)28-16)26(36)30-21-9-10-22-23(12-21)37-15-25(35)31-22/h4-12,14H,13,15H2,1-3H3,(H,29,34)(H,30,36)(H,31,35). The van der Waals surface area contributed by atoms with Crippen molar-refractivity contribution in [3.05, 3.63) is 77.6 Å². The van der Waals surface area contributed by atoms with E-state index in [1.54, 1.807) is 30.5 Å². The Morgan fingerprint density at radius 2 is 1.84 bits per heavy atom. The van der Waals surface area contributed by atoms with Gasteiger partial charge in [-0.15, -0.1) is 0 Å². The second-order valence-electron chi connectivity index (χ2n) is 8.90. The minimum atomic E-state index is -0.282. The maximum atomic E-state index is 13.1. The van der Waals surface area contributed by atoms with E-state index < -0.39 is 0 Å². The Morgan fingerprint density at radius 3 is 2.59 bits per heavy atom. The molecule has 37 heavy (non-hydrogen) atoms. The first-order chi connectivity index (χ1) is 17.8. The molecule has 1 aliphatic rings. The van der Waals surface area contributed by atoms with Crippen molar-refractivity contribution in [3.8, 4) is 5.75 Å². The third-order valence-electron chi connectivity index (χ3n) is 5.95. The molecular formula is C27H26N6O4. The van der Waals surface area contributed by atoms with Crippen LogP contribution in [0.5, 0.6) is 5.75 Å². The average molecular weight is 499 g/mol. The van der Waals surface area contributed by atoms with Crippen molar-refractivity contribution in [2.75, 3.05) is 34.5 Å². The van der Waals surface area contributed by atoms with Crippen LogP contribution in [0.25, 0.3) is 5.65 Å². The number of anilines is 4. The molecule has 5 rings (SSSR count). The van der Waals surface area contributed by atoms with Gasteiger partial charge in [0.2, 0.25) is 5.91 Å². The summed E-state index contributed by atoms with van der Waals surface area (Å²) in [5, 5.41) is 8.39. The van der Waals surface area contributed by atoms with Gasteiger partial charge in [-0.2, -0.15) is 0 Å². The number of hydrogen-bond acceptors (Lipinski definition) is 6. The van der Waals surface area contributed by atoms with Gasteiger partial charge in [0, 0.05) is 44.2 Å². The van der Waals surface area contributed by atoms with Crippen LogP contribution in [-0.2, 0) is 16.1 Å². The number of carbonyl (C=O) groups excluding carboxylic acids is 3. The van der Waals surface area contributed by atoms with Crippen molar-refractivity contribution in [2.45, 2.75) is 20.4 Å². The minimum Gasteiger partial charge on any atom is -0.482 e. The predicted molar refractivity (Wildman–Crippen MR) is 141 cm³/mol. The summed E-state index contributed by atoms with van der Waals surface area (Å²) in [6.07, 6.45) is 1.77. The van der Waals surface area contributed by atoms with E-state index in [2.05, 4.69) is 25.8 Å². The molecule has 4 aromatic rings. The molecule has 3 heterocycles. The molecule has 10 heteroatoms. The average Bonchev–Trinajstić information content (AvgIpc) is 3.20. The Labute approximate surface area is 213 Å². The van der Waals surface area contributed by atoms with Gasteiger partial charge in [-0.1, -0.05) is 12.1 Å². The maximum absolute atomic E-state index is 13.1. The number of aromatic nitrogens is 2. The van der Waals surface area contributed by atoms with Crippen LogP contribution in [0.15, 0.2) is 60.8 Å². The summed E-state index contributed by atoms with van der Waals surface area (Å²) in [5.74, 6) is 0.770. The summed E-state index contributed by atoms with van der Waals surface area (Å²) in [6, 6.07) is 16.3. The van der Waals surface area contributed by atoms with Crippen molar-refractivity contribution < 1.29 is 19.1 Å². The van der Waals surface area contributed by atoms with Gasteiger partial charge in [-0.3, -0.25) is 18.8 Å². The number of nitrogens with one attached hydrogen (secondary N) is 3.